The molecule has 1 heterocycles. The smallest absolute Gasteiger partial charge is 0.407 e. The van der Waals surface area contributed by atoms with Crippen LogP contribution in [0.4, 0.5) is 10.6 Å². The molecule has 35 heavy (non-hydrogen) atoms. The highest BCUT2D eigenvalue weighted by Gasteiger charge is 2.30. The Morgan fingerprint density at radius 1 is 0.886 bits per heavy atom. The van der Waals surface area contributed by atoms with Gasteiger partial charge in [-0.25, -0.2) is 14.8 Å². The van der Waals surface area contributed by atoms with E-state index in [1.807, 2.05) is 32.9 Å². The first kappa shape index (κ1) is 24.6. The van der Waals surface area contributed by atoms with Gasteiger partial charge in [-0.15, -0.1) is 0 Å². The lowest BCUT2D eigenvalue weighted by Crippen LogP contribution is -2.42. The topological polar surface area (TPSA) is 122 Å². The molecule has 3 amide bonds. The van der Waals surface area contributed by atoms with Crippen molar-refractivity contribution in [3.63, 3.8) is 0 Å². The SMILES string of the molecule is CC(C)(C)OC(=O)NC1CCC(C(=O)Nc2nccnc2C(=O)NC2Cc3ccccc3C2)CC1. The Morgan fingerprint density at radius 2 is 1.51 bits per heavy atom. The molecule has 0 radical (unpaired) electrons. The van der Waals surface area contributed by atoms with Crippen molar-refractivity contribution in [2.75, 3.05) is 5.32 Å². The maximum Gasteiger partial charge on any atom is 0.407 e. The van der Waals surface area contributed by atoms with Crippen LogP contribution in [-0.4, -0.2) is 45.6 Å². The Balaban J connectivity index is 1.30. The fraction of sp³-hybridized carbons (Fsp3) is 0.500. The summed E-state index contributed by atoms with van der Waals surface area (Å²) in [6, 6.07) is 8.11. The van der Waals surface area contributed by atoms with Crippen molar-refractivity contribution in [1.82, 2.24) is 20.6 Å². The molecule has 1 fully saturated rings. The van der Waals surface area contributed by atoms with Crippen LogP contribution in [0.5, 0.6) is 0 Å². The first-order valence-corrected chi connectivity index (χ1v) is 12.2. The molecule has 0 unspecified atom stereocenters. The van der Waals surface area contributed by atoms with Gasteiger partial charge in [-0.1, -0.05) is 24.3 Å². The van der Waals surface area contributed by atoms with E-state index in [0.717, 1.165) is 12.8 Å². The molecule has 4 rings (SSSR count). The number of nitrogens with one attached hydrogen (secondary N) is 3. The van der Waals surface area contributed by atoms with Gasteiger partial charge in [0, 0.05) is 30.4 Å². The lowest BCUT2D eigenvalue weighted by atomic mass is 9.85. The molecule has 0 saturated heterocycles. The van der Waals surface area contributed by atoms with Gasteiger partial charge in [0.1, 0.15) is 5.60 Å². The van der Waals surface area contributed by atoms with Gasteiger partial charge in [0.25, 0.3) is 5.91 Å². The predicted molar refractivity (Wildman–Crippen MR) is 131 cm³/mol. The Kier molecular flexibility index (Phi) is 7.33. The van der Waals surface area contributed by atoms with Crippen LogP contribution in [0.15, 0.2) is 36.7 Å². The van der Waals surface area contributed by atoms with Crippen LogP contribution in [-0.2, 0) is 22.4 Å². The minimum Gasteiger partial charge on any atom is -0.444 e. The highest BCUT2D eigenvalue weighted by atomic mass is 16.6. The van der Waals surface area contributed by atoms with Gasteiger partial charge in [0.2, 0.25) is 5.91 Å². The summed E-state index contributed by atoms with van der Waals surface area (Å²) in [4.78, 5) is 46.3. The average molecular weight is 480 g/mol. The molecule has 2 aliphatic rings. The zero-order valence-corrected chi connectivity index (χ0v) is 20.5. The quantitative estimate of drug-likeness (QED) is 0.604. The molecule has 9 nitrogen and oxygen atoms in total. The van der Waals surface area contributed by atoms with E-state index in [1.165, 1.54) is 23.5 Å². The number of ether oxygens (including phenoxy) is 1. The number of hydrogen-bond donors (Lipinski definition) is 3. The number of alkyl carbamates (subject to hydrolysis) is 1. The van der Waals surface area contributed by atoms with E-state index in [1.54, 1.807) is 0 Å². The van der Waals surface area contributed by atoms with E-state index < -0.39 is 11.7 Å². The molecule has 3 N–H and O–H groups in total. The number of anilines is 1. The third kappa shape index (κ3) is 6.55. The van der Waals surface area contributed by atoms with Gasteiger partial charge in [-0.2, -0.15) is 0 Å². The van der Waals surface area contributed by atoms with Crippen molar-refractivity contribution < 1.29 is 19.1 Å². The molecule has 1 aromatic heterocycles. The number of fused-ring (bicyclic) bond motifs is 1. The summed E-state index contributed by atoms with van der Waals surface area (Å²) < 4.78 is 5.31. The Labute approximate surface area is 205 Å². The normalized spacial score (nSPS) is 20.0. The van der Waals surface area contributed by atoms with E-state index in [4.69, 9.17) is 4.74 Å². The maximum atomic E-state index is 13.0. The van der Waals surface area contributed by atoms with Gasteiger partial charge in [0.05, 0.1) is 0 Å². The molecule has 9 heteroatoms. The van der Waals surface area contributed by atoms with Crippen molar-refractivity contribution >= 4 is 23.7 Å². The fourth-order valence-corrected chi connectivity index (χ4v) is 4.70. The van der Waals surface area contributed by atoms with E-state index in [9.17, 15) is 14.4 Å². The number of carbonyl (C=O) groups is 3. The number of hydrogen-bond acceptors (Lipinski definition) is 6. The summed E-state index contributed by atoms with van der Waals surface area (Å²) in [6.07, 6.45) is 6.59. The van der Waals surface area contributed by atoms with Crippen LogP contribution < -0.4 is 16.0 Å². The number of rotatable bonds is 5. The summed E-state index contributed by atoms with van der Waals surface area (Å²) in [5, 5.41) is 8.72. The van der Waals surface area contributed by atoms with Crippen LogP contribution in [0.25, 0.3) is 0 Å². The largest absolute Gasteiger partial charge is 0.444 e. The zero-order chi connectivity index (χ0) is 25.0. The van der Waals surface area contributed by atoms with E-state index >= 15 is 0 Å². The summed E-state index contributed by atoms with van der Waals surface area (Å²) in [5.74, 6) is -0.603. The van der Waals surface area contributed by atoms with Crippen molar-refractivity contribution in [3.8, 4) is 0 Å². The van der Waals surface area contributed by atoms with E-state index in [0.29, 0.717) is 25.7 Å². The highest BCUT2D eigenvalue weighted by molar-refractivity contribution is 6.01. The highest BCUT2D eigenvalue weighted by Crippen LogP contribution is 2.26. The molecule has 2 aliphatic carbocycles. The monoisotopic (exact) mass is 479 g/mol. The van der Waals surface area contributed by atoms with Gasteiger partial charge in [-0.05, 0) is 70.4 Å². The average Bonchev–Trinajstić information content (AvgIpc) is 3.21. The molecule has 1 aromatic carbocycles. The fourth-order valence-electron chi connectivity index (χ4n) is 4.70. The van der Waals surface area contributed by atoms with Gasteiger partial charge < -0.3 is 20.7 Å². The van der Waals surface area contributed by atoms with Crippen LogP contribution in [0.3, 0.4) is 0 Å². The Bertz CT molecular complexity index is 1060. The molecular weight excluding hydrogens is 446 g/mol. The van der Waals surface area contributed by atoms with E-state index in [2.05, 4.69) is 38.1 Å². The van der Waals surface area contributed by atoms with Crippen molar-refractivity contribution in [2.45, 2.75) is 77.0 Å². The van der Waals surface area contributed by atoms with Crippen molar-refractivity contribution in [2.24, 2.45) is 5.92 Å². The lowest BCUT2D eigenvalue weighted by Gasteiger charge is -2.29. The number of amides is 3. The van der Waals surface area contributed by atoms with Gasteiger partial charge >= 0.3 is 6.09 Å². The number of carbonyl (C=O) groups excluding carboxylic acids is 3. The van der Waals surface area contributed by atoms with Gasteiger partial charge in [-0.3, -0.25) is 9.59 Å². The second kappa shape index (κ2) is 10.4. The number of aromatic nitrogens is 2. The van der Waals surface area contributed by atoms with Crippen molar-refractivity contribution in [3.05, 3.63) is 53.5 Å². The summed E-state index contributed by atoms with van der Waals surface area (Å²) in [5.41, 5.74) is 2.03. The standard InChI is InChI=1S/C26H33N5O4/c1-26(2,3)35-25(34)30-19-10-8-16(9-11-19)23(32)31-22-21(27-12-13-28-22)24(33)29-20-14-17-6-4-5-7-18(17)15-20/h4-7,12-13,16,19-20H,8-11,14-15H2,1-3H3,(H,29,33)(H,30,34)(H,28,31,32). The second-order valence-electron chi connectivity index (χ2n) is 10.3. The zero-order valence-electron chi connectivity index (χ0n) is 20.5. The third-order valence-corrected chi connectivity index (χ3v) is 6.36. The molecule has 1 saturated carbocycles. The lowest BCUT2D eigenvalue weighted by molar-refractivity contribution is -0.120. The molecule has 0 spiro atoms. The summed E-state index contributed by atoms with van der Waals surface area (Å²) in [6.45, 7) is 5.46. The predicted octanol–water partition coefficient (Wildman–Crippen LogP) is 3.40. The first-order chi connectivity index (χ1) is 16.7. The molecule has 0 bridgehead atoms. The molecule has 2 aromatic rings. The minimum atomic E-state index is -0.552. The first-order valence-electron chi connectivity index (χ1n) is 12.2. The summed E-state index contributed by atoms with van der Waals surface area (Å²) in [7, 11) is 0. The van der Waals surface area contributed by atoms with Crippen LogP contribution in [0.1, 0.15) is 68.1 Å². The second-order valence-corrected chi connectivity index (χ2v) is 10.3. The Hall–Kier alpha value is -3.49. The maximum absolute atomic E-state index is 13.0. The van der Waals surface area contributed by atoms with Crippen LogP contribution >= 0.6 is 0 Å². The van der Waals surface area contributed by atoms with E-state index in [-0.39, 0.29) is 41.3 Å². The molecule has 186 valence electrons. The van der Waals surface area contributed by atoms with Gasteiger partial charge in [0.15, 0.2) is 11.5 Å². The minimum absolute atomic E-state index is 0.0155. The molecular formula is C26H33N5O4. The Morgan fingerprint density at radius 3 is 2.14 bits per heavy atom. The van der Waals surface area contributed by atoms with Crippen LogP contribution in [0.2, 0.25) is 0 Å². The number of nitrogens with zero attached hydrogens (tertiary/aromatic N) is 2. The van der Waals surface area contributed by atoms with Crippen molar-refractivity contribution in [1.29, 1.82) is 0 Å². The molecule has 0 aliphatic heterocycles. The van der Waals surface area contributed by atoms with Crippen LogP contribution in [0, 0.1) is 5.92 Å². The third-order valence-electron chi connectivity index (χ3n) is 6.36. The summed E-state index contributed by atoms with van der Waals surface area (Å²) >= 11 is 0. The number of benzene rings is 1. The molecule has 0 atom stereocenters.